The Labute approximate surface area is 139 Å². The number of hydrogen-bond donors (Lipinski definition) is 0. The Balaban J connectivity index is 2.17. The molecule has 0 atom stereocenters. The van der Waals surface area contributed by atoms with E-state index >= 15 is 0 Å². The number of benzene rings is 2. The zero-order valence-electron chi connectivity index (χ0n) is 12.9. The predicted octanol–water partition coefficient (Wildman–Crippen LogP) is 3.69. The van der Waals surface area contributed by atoms with Crippen molar-refractivity contribution in [1.82, 2.24) is 15.0 Å². The quantitative estimate of drug-likeness (QED) is 0.670. The predicted molar refractivity (Wildman–Crippen MR) is 89.5 cm³/mol. The first kappa shape index (κ1) is 15.4. The van der Waals surface area contributed by atoms with Crippen LogP contribution < -0.4 is 9.47 Å². The molecular formula is C17H16ClN3O2. The van der Waals surface area contributed by atoms with Gasteiger partial charge < -0.3 is 9.47 Å². The lowest BCUT2D eigenvalue weighted by molar-refractivity contribution is 0.414. The molecule has 0 saturated heterocycles. The van der Waals surface area contributed by atoms with E-state index in [1.165, 1.54) is 0 Å². The van der Waals surface area contributed by atoms with Crippen LogP contribution >= 0.6 is 11.6 Å². The Morgan fingerprint density at radius 2 is 1.70 bits per heavy atom. The molecule has 3 aromatic rings. The second-order valence-corrected chi connectivity index (χ2v) is 5.13. The fourth-order valence-electron chi connectivity index (χ4n) is 2.39. The summed E-state index contributed by atoms with van der Waals surface area (Å²) in [6, 6.07) is 15.4. The number of hydrogen-bond acceptors (Lipinski definition) is 4. The Kier molecular flexibility index (Phi) is 4.48. The minimum Gasteiger partial charge on any atom is -0.497 e. The van der Waals surface area contributed by atoms with Crippen molar-refractivity contribution in [2.45, 2.75) is 5.88 Å². The minimum atomic E-state index is 0.274. The third-order valence-electron chi connectivity index (χ3n) is 3.51. The Morgan fingerprint density at radius 1 is 1.00 bits per heavy atom. The van der Waals surface area contributed by atoms with Crippen LogP contribution in [0.2, 0.25) is 0 Å². The molecule has 0 aliphatic rings. The maximum absolute atomic E-state index is 6.04. The molecule has 0 aliphatic carbocycles. The second kappa shape index (κ2) is 6.71. The van der Waals surface area contributed by atoms with Gasteiger partial charge in [0.1, 0.15) is 17.2 Å². The molecule has 23 heavy (non-hydrogen) atoms. The van der Waals surface area contributed by atoms with Gasteiger partial charge in [-0.1, -0.05) is 23.4 Å². The number of nitrogens with zero attached hydrogens (tertiary/aromatic N) is 3. The Bertz CT molecular complexity index is 817. The Hall–Kier alpha value is -2.53. The van der Waals surface area contributed by atoms with Gasteiger partial charge in [0.15, 0.2) is 0 Å². The van der Waals surface area contributed by atoms with E-state index in [-0.39, 0.29) is 5.88 Å². The summed E-state index contributed by atoms with van der Waals surface area (Å²) >= 11 is 6.04. The summed E-state index contributed by atoms with van der Waals surface area (Å²) in [7, 11) is 3.27. The van der Waals surface area contributed by atoms with Crippen LogP contribution in [0.25, 0.3) is 16.9 Å². The first-order valence-corrected chi connectivity index (χ1v) is 7.59. The molecule has 0 saturated carbocycles. The van der Waals surface area contributed by atoms with Crippen LogP contribution in [0.1, 0.15) is 5.69 Å². The molecule has 5 nitrogen and oxygen atoms in total. The molecule has 0 aliphatic heterocycles. The highest BCUT2D eigenvalue weighted by Crippen LogP contribution is 2.29. The minimum absolute atomic E-state index is 0.274. The van der Waals surface area contributed by atoms with E-state index < -0.39 is 0 Å². The smallest absolute Gasteiger partial charge is 0.121 e. The van der Waals surface area contributed by atoms with Crippen LogP contribution in [0.3, 0.4) is 0 Å². The summed E-state index contributed by atoms with van der Waals surface area (Å²) in [5, 5.41) is 8.45. The lowest BCUT2D eigenvalue weighted by Gasteiger charge is -2.10. The van der Waals surface area contributed by atoms with Crippen molar-refractivity contribution in [2.24, 2.45) is 0 Å². The lowest BCUT2D eigenvalue weighted by atomic mass is 10.1. The molecule has 2 aromatic carbocycles. The number of alkyl halides is 1. The fraction of sp³-hybridized carbons (Fsp3) is 0.176. The van der Waals surface area contributed by atoms with Crippen molar-refractivity contribution in [2.75, 3.05) is 14.2 Å². The average Bonchev–Trinajstić information content (AvgIpc) is 3.06. The molecular weight excluding hydrogens is 314 g/mol. The van der Waals surface area contributed by atoms with Gasteiger partial charge in [0.25, 0.3) is 0 Å². The number of halogens is 1. The molecule has 0 N–H and O–H groups in total. The third-order valence-corrected chi connectivity index (χ3v) is 3.76. The van der Waals surface area contributed by atoms with Crippen molar-refractivity contribution < 1.29 is 9.47 Å². The van der Waals surface area contributed by atoms with Gasteiger partial charge in [-0.2, -0.15) is 0 Å². The molecule has 118 valence electrons. The summed E-state index contributed by atoms with van der Waals surface area (Å²) in [5.41, 5.74) is 3.34. The van der Waals surface area contributed by atoms with Crippen molar-refractivity contribution >= 4 is 11.6 Å². The molecule has 0 unspecified atom stereocenters. The summed E-state index contributed by atoms with van der Waals surface area (Å²) in [4.78, 5) is 0. The van der Waals surface area contributed by atoms with Crippen LogP contribution in [0, 0.1) is 0 Å². The summed E-state index contributed by atoms with van der Waals surface area (Å²) in [5.74, 6) is 1.79. The maximum Gasteiger partial charge on any atom is 0.121 e. The average molecular weight is 330 g/mol. The van der Waals surface area contributed by atoms with E-state index in [2.05, 4.69) is 10.3 Å². The lowest BCUT2D eigenvalue weighted by Crippen LogP contribution is -2.00. The van der Waals surface area contributed by atoms with Crippen LogP contribution in [-0.4, -0.2) is 29.2 Å². The number of ether oxygens (including phenoxy) is 2. The first-order valence-electron chi connectivity index (χ1n) is 7.06. The van der Waals surface area contributed by atoms with Crippen molar-refractivity contribution in [1.29, 1.82) is 0 Å². The zero-order valence-corrected chi connectivity index (χ0v) is 13.6. The second-order valence-electron chi connectivity index (χ2n) is 4.86. The highest BCUT2D eigenvalue weighted by Gasteiger charge is 2.16. The fourth-order valence-corrected chi connectivity index (χ4v) is 2.57. The van der Waals surface area contributed by atoms with Crippen LogP contribution in [-0.2, 0) is 5.88 Å². The van der Waals surface area contributed by atoms with E-state index in [1.54, 1.807) is 18.9 Å². The molecule has 6 heteroatoms. The largest absolute Gasteiger partial charge is 0.497 e. The molecule has 1 aromatic heterocycles. The molecule has 0 amide bonds. The zero-order chi connectivity index (χ0) is 16.2. The van der Waals surface area contributed by atoms with Crippen LogP contribution in [0.15, 0.2) is 48.5 Å². The van der Waals surface area contributed by atoms with Gasteiger partial charge in [-0.15, -0.1) is 16.7 Å². The molecule has 0 spiro atoms. The monoisotopic (exact) mass is 329 g/mol. The Morgan fingerprint density at radius 3 is 2.39 bits per heavy atom. The van der Waals surface area contributed by atoms with Crippen molar-refractivity contribution in [3.63, 3.8) is 0 Å². The SMILES string of the molecule is COc1cccc(-c2c(CCl)nnn2-c2cccc(OC)c2)c1. The summed E-state index contributed by atoms with van der Waals surface area (Å²) in [6.45, 7) is 0. The maximum atomic E-state index is 6.04. The number of rotatable bonds is 5. The molecule has 3 rings (SSSR count). The number of methoxy groups -OCH3 is 2. The molecule has 1 heterocycles. The van der Waals surface area contributed by atoms with E-state index in [9.17, 15) is 0 Å². The number of aromatic nitrogens is 3. The van der Waals surface area contributed by atoms with Gasteiger partial charge in [0.2, 0.25) is 0 Å². The molecule has 0 fully saturated rings. The van der Waals surface area contributed by atoms with E-state index in [0.717, 1.165) is 28.4 Å². The van der Waals surface area contributed by atoms with E-state index in [0.29, 0.717) is 5.69 Å². The van der Waals surface area contributed by atoms with Gasteiger partial charge in [-0.25, -0.2) is 4.68 Å². The van der Waals surface area contributed by atoms with Gasteiger partial charge >= 0.3 is 0 Å². The summed E-state index contributed by atoms with van der Waals surface area (Å²) in [6.07, 6.45) is 0. The van der Waals surface area contributed by atoms with Gasteiger partial charge in [0.05, 0.1) is 31.5 Å². The van der Waals surface area contributed by atoms with Gasteiger partial charge in [0, 0.05) is 11.6 Å². The topological polar surface area (TPSA) is 49.2 Å². The highest BCUT2D eigenvalue weighted by molar-refractivity contribution is 6.17. The van der Waals surface area contributed by atoms with Crippen molar-refractivity contribution in [3.05, 3.63) is 54.2 Å². The van der Waals surface area contributed by atoms with Gasteiger partial charge in [-0.3, -0.25) is 0 Å². The van der Waals surface area contributed by atoms with Crippen LogP contribution in [0.4, 0.5) is 0 Å². The van der Waals surface area contributed by atoms with Gasteiger partial charge in [-0.05, 0) is 24.3 Å². The summed E-state index contributed by atoms with van der Waals surface area (Å²) < 4.78 is 12.3. The highest BCUT2D eigenvalue weighted by atomic mass is 35.5. The standard InChI is InChI=1S/C17H16ClN3O2/c1-22-14-7-3-5-12(9-14)17-16(11-18)19-20-21(17)13-6-4-8-15(10-13)23-2/h3-10H,11H2,1-2H3. The van der Waals surface area contributed by atoms with Crippen LogP contribution in [0.5, 0.6) is 11.5 Å². The third kappa shape index (κ3) is 3.00. The van der Waals surface area contributed by atoms with E-state index in [4.69, 9.17) is 21.1 Å². The normalized spacial score (nSPS) is 10.6. The van der Waals surface area contributed by atoms with E-state index in [1.807, 2.05) is 48.5 Å². The molecule has 0 radical (unpaired) electrons. The molecule has 0 bridgehead atoms. The first-order chi connectivity index (χ1) is 11.3. The van der Waals surface area contributed by atoms with Crippen molar-refractivity contribution in [3.8, 4) is 28.4 Å².